The Hall–Kier alpha value is -0.940. The molecule has 0 fully saturated rings. The molecule has 3 N–H and O–H groups in total. The van der Waals surface area contributed by atoms with Crippen molar-refractivity contribution in [2.75, 3.05) is 6.54 Å². The number of aliphatic hydroxyl groups is 1. The van der Waals surface area contributed by atoms with Crippen LogP contribution in [0.1, 0.15) is 38.3 Å². The van der Waals surface area contributed by atoms with Gasteiger partial charge in [0, 0.05) is 19.6 Å². The summed E-state index contributed by atoms with van der Waals surface area (Å²) in [6.45, 7) is 7.97. The zero-order valence-corrected chi connectivity index (χ0v) is 12.1. The Kier molecular flexibility index (Phi) is 7.67. The van der Waals surface area contributed by atoms with Gasteiger partial charge in [-0.3, -0.25) is 4.84 Å². The van der Waals surface area contributed by atoms with Crippen LogP contribution in [0.2, 0.25) is 0 Å². The van der Waals surface area contributed by atoms with Gasteiger partial charge in [0.05, 0.1) is 12.2 Å². The summed E-state index contributed by atoms with van der Waals surface area (Å²) in [7, 11) is 0. The van der Waals surface area contributed by atoms with Gasteiger partial charge in [-0.05, 0) is 31.4 Å². The van der Waals surface area contributed by atoms with Crippen LogP contribution in [0.25, 0.3) is 0 Å². The molecule has 0 aliphatic rings. The lowest BCUT2D eigenvalue weighted by atomic mass is 10.1. The number of nitrogens with one attached hydrogen (secondary N) is 2. The Labute approximate surface area is 116 Å². The quantitative estimate of drug-likeness (QED) is 0.598. The van der Waals surface area contributed by atoms with Crippen LogP contribution >= 0.6 is 0 Å². The number of hydrogen-bond acceptors (Lipinski definition) is 4. The molecule has 0 amide bonds. The lowest BCUT2D eigenvalue weighted by molar-refractivity contribution is -0.0203. The van der Waals surface area contributed by atoms with E-state index in [9.17, 15) is 5.11 Å². The topological polar surface area (TPSA) is 53.5 Å². The summed E-state index contributed by atoms with van der Waals surface area (Å²) in [4.78, 5) is 5.48. The summed E-state index contributed by atoms with van der Waals surface area (Å²) in [5.41, 5.74) is 5.45. The number of hydrogen-bond donors (Lipinski definition) is 3. The number of benzene rings is 1. The highest BCUT2D eigenvalue weighted by Crippen LogP contribution is 2.08. The van der Waals surface area contributed by atoms with E-state index in [0.717, 1.165) is 13.0 Å². The molecule has 0 aromatic heterocycles. The van der Waals surface area contributed by atoms with E-state index in [1.807, 2.05) is 19.1 Å². The van der Waals surface area contributed by atoms with Crippen LogP contribution in [0.5, 0.6) is 0 Å². The van der Waals surface area contributed by atoms with Gasteiger partial charge in [-0.2, -0.15) is 5.48 Å². The second kappa shape index (κ2) is 9.04. The van der Waals surface area contributed by atoms with Crippen molar-refractivity contribution in [3.05, 3.63) is 35.4 Å². The van der Waals surface area contributed by atoms with E-state index in [4.69, 9.17) is 4.84 Å². The molecule has 0 aliphatic heterocycles. The molecule has 19 heavy (non-hydrogen) atoms. The lowest BCUT2D eigenvalue weighted by Gasteiger charge is -2.14. The molecule has 4 heteroatoms. The van der Waals surface area contributed by atoms with E-state index in [2.05, 4.69) is 29.9 Å². The van der Waals surface area contributed by atoms with E-state index >= 15 is 0 Å². The summed E-state index contributed by atoms with van der Waals surface area (Å²) in [6, 6.07) is 8.23. The molecule has 1 aromatic rings. The van der Waals surface area contributed by atoms with Crippen LogP contribution in [0.3, 0.4) is 0 Å². The van der Waals surface area contributed by atoms with Crippen molar-refractivity contribution >= 4 is 0 Å². The van der Waals surface area contributed by atoms with Crippen molar-refractivity contribution < 1.29 is 9.94 Å². The zero-order chi connectivity index (χ0) is 14.1. The average molecular weight is 266 g/mol. The molecule has 0 saturated heterocycles. The van der Waals surface area contributed by atoms with Gasteiger partial charge in [-0.15, -0.1) is 0 Å². The van der Waals surface area contributed by atoms with Gasteiger partial charge >= 0.3 is 0 Å². The average Bonchev–Trinajstić information content (AvgIpc) is 2.40. The molecule has 4 nitrogen and oxygen atoms in total. The first-order valence-corrected chi connectivity index (χ1v) is 6.97. The maximum atomic E-state index is 9.23. The normalized spacial score (nSPS) is 14.3. The van der Waals surface area contributed by atoms with Crippen LogP contribution < -0.4 is 10.8 Å². The molecule has 0 aliphatic carbocycles. The van der Waals surface area contributed by atoms with E-state index < -0.39 is 0 Å². The van der Waals surface area contributed by atoms with E-state index in [1.165, 1.54) is 11.1 Å². The predicted molar refractivity (Wildman–Crippen MR) is 77.5 cm³/mol. The third kappa shape index (κ3) is 6.68. The first-order valence-electron chi connectivity index (χ1n) is 6.97. The number of aliphatic hydroxyl groups excluding tert-OH is 1. The van der Waals surface area contributed by atoms with Gasteiger partial charge in [-0.25, -0.2) is 0 Å². The molecule has 0 heterocycles. The summed E-state index contributed by atoms with van der Waals surface area (Å²) in [5.74, 6) is 0. The fraction of sp³-hybridized carbons (Fsp3) is 0.600. The van der Waals surface area contributed by atoms with Gasteiger partial charge in [0.25, 0.3) is 0 Å². The smallest absolute Gasteiger partial charge is 0.0759 e. The van der Waals surface area contributed by atoms with Crippen LogP contribution in [0.4, 0.5) is 0 Å². The third-order valence-electron chi connectivity index (χ3n) is 3.00. The first kappa shape index (κ1) is 16.1. The van der Waals surface area contributed by atoms with Crippen LogP contribution in [-0.4, -0.2) is 23.9 Å². The monoisotopic (exact) mass is 266 g/mol. The Morgan fingerprint density at radius 3 is 2.37 bits per heavy atom. The Morgan fingerprint density at radius 2 is 1.79 bits per heavy atom. The molecule has 108 valence electrons. The van der Waals surface area contributed by atoms with Crippen LogP contribution in [0, 0.1) is 0 Å². The SMILES string of the molecule is CCC(C)ONCc1ccccc1CNCC(C)O. The molecule has 2 atom stereocenters. The van der Waals surface area contributed by atoms with E-state index in [-0.39, 0.29) is 12.2 Å². The van der Waals surface area contributed by atoms with Crippen molar-refractivity contribution in [2.24, 2.45) is 0 Å². The third-order valence-corrected chi connectivity index (χ3v) is 3.00. The van der Waals surface area contributed by atoms with Crippen molar-refractivity contribution in [1.29, 1.82) is 0 Å². The molecular weight excluding hydrogens is 240 g/mol. The van der Waals surface area contributed by atoms with Crippen molar-refractivity contribution in [3.8, 4) is 0 Å². The summed E-state index contributed by atoms with van der Waals surface area (Å²) < 4.78 is 0. The van der Waals surface area contributed by atoms with Crippen molar-refractivity contribution in [2.45, 2.75) is 52.5 Å². The van der Waals surface area contributed by atoms with Crippen LogP contribution in [-0.2, 0) is 17.9 Å². The van der Waals surface area contributed by atoms with E-state index in [0.29, 0.717) is 13.1 Å². The minimum atomic E-state index is -0.320. The summed E-state index contributed by atoms with van der Waals surface area (Å²) in [5, 5.41) is 12.5. The first-order chi connectivity index (χ1) is 9.13. The van der Waals surface area contributed by atoms with Gasteiger partial charge < -0.3 is 10.4 Å². The minimum absolute atomic E-state index is 0.223. The molecule has 0 saturated carbocycles. The zero-order valence-electron chi connectivity index (χ0n) is 12.1. The maximum Gasteiger partial charge on any atom is 0.0759 e. The van der Waals surface area contributed by atoms with Crippen LogP contribution in [0.15, 0.2) is 24.3 Å². The Balaban J connectivity index is 2.43. The minimum Gasteiger partial charge on any atom is -0.392 e. The molecule has 0 spiro atoms. The second-order valence-electron chi connectivity index (χ2n) is 4.91. The van der Waals surface area contributed by atoms with Gasteiger partial charge in [-0.1, -0.05) is 31.2 Å². The Morgan fingerprint density at radius 1 is 1.16 bits per heavy atom. The maximum absolute atomic E-state index is 9.23. The van der Waals surface area contributed by atoms with Crippen molar-refractivity contribution in [3.63, 3.8) is 0 Å². The predicted octanol–water partition coefficient (Wildman–Crippen LogP) is 1.98. The number of hydroxylamine groups is 1. The molecule has 2 unspecified atom stereocenters. The fourth-order valence-electron chi connectivity index (χ4n) is 1.66. The lowest BCUT2D eigenvalue weighted by Crippen LogP contribution is -2.25. The second-order valence-corrected chi connectivity index (χ2v) is 4.91. The molecule has 1 rings (SSSR count). The highest BCUT2D eigenvalue weighted by atomic mass is 16.7. The molecule has 1 aromatic carbocycles. The number of rotatable bonds is 9. The fourth-order valence-corrected chi connectivity index (χ4v) is 1.66. The standard InChI is InChI=1S/C15H26N2O2/c1-4-13(3)19-17-11-15-8-6-5-7-14(15)10-16-9-12(2)18/h5-8,12-13,16-18H,4,9-11H2,1-3H3. The Bertz CT molecular complexity index is 356. The molecule has 0 bridgehead atoms. The highest BCUT2D eigenvalue weighted by Gasteiger charge is 2.03. The molecule has 0 radical (unpaired) electrons. The highest BCUT2D eigenvalue weighted by molar-refractivity contribution is 5.26. The largest absolute Gasteiger partial charge is 0.392 e. The van der Waals surface area contributed by atoms with Gasteiger partial charge in [0.1, 0.15) is 0 Å². The van der Waals surface area contributed by atoms with Gasteiger partial charge in [0.2, 0.25) is 0 Å². The summed E-state index contributed by atoms with van der Waals surface area (Å²) in [6.07, 6.45) is 0.893. The van der Waals surface area contributed by atoms with E-state index in [1.54, 1.807) is 6.92 Å². The summed E-state index contributed by atoms with van der Waals surface area (Å²) >= 11 is 0. The van der Waals surface area contributed by atoms with Crippen molar-refractivity contribution in [1.82, 2.24) is 10.8 Å². The molecular formula is C15H26N2O2. The van der Waals surface area contributed by atoms with Gasteiger partial charge in [0.15, 0.2) is 0 Å².